The van der Waals surface area contributed by atoms with E-state index in [0.717, 1.165) is 12.8 Å². The number of halogens is 1. The van der Waals surface area contributed by atoms with Gasteiger partial charge in [-0.2, -0.15) is 4.98 Å². The van der Waals surface area contributed by atoms with Crippen molar-refractivity contribution in [2.24, 2.45) is 5.73 Å². The zero-order valence-corrected chi connectivity index (χ0v) is 11.7. The third kappa shape index (κ3) is 2.57. The summed E-state index contributed by atoms with van der Waals surface area (Å²) in [7, 11) is 1.57. The summed E-state index contributed by atoms with van der Waals surface area (Å²) in [6, 6.07) is 3.43. The Morgan fingerprint density at radius 1 is 1.45 bits per heavy atom. The molecule has 0 bridgehead atoms. The van der Waals surface area contributed by atoms with Crippen molar-refractivity contribution in [3.05, 3.63) is 23.0 Å². The Kier molecular flexibility index (Phi) is 3.50. The summed E-state index contributed by atoms with van der Waals surface area (Å²) in [5.41, 5.74) is 6.12. The number of nitrogens with two attached hydrogens (primary N) is 1. The van der Waals surface area contributed by atoms with E-state index in [1.165, 1.54) is 0 Å². The Labute approximate surface area is 120 Å². The van der Waals surface area contributed by atoms with Crippen molar-refractivity contribution < 1.29 is 14.0 Å². The van der Waals surface area contributed by atoms with Crippen molar-refractivity contribution in [2.45, 2.75) is 25.5 Å². The van der Waals surface area contributed by atoms with Crippen LogP contribution in [0.15, 0.2) is 16.7 Å². The number of hydrogen-bond donors (Lipinski definition) is 1. The van der Waals surface area contributed by atoms with E-state index in [4.69, 9.17) is 31.3 Å². The molecule has 1 aromatic heterocycles. The third-order valence-electron chi connectivity index (χ3n) is 2.93. The van der Waals surface area contributed by atoms with Gasteiger partial charge in [0, 0.05) is 11.1 Å². The van der Waals surface area contributed by atoms with Crippen molar-refractivity contribution >= 4 is 11.6 Å². The monoisotopic (exact) mass is 295 g/mol. The molecule has 2 N–H and O–H groups in total. The van der Waals surface area contributed by atoms with E-state index in [1.807, 2.05) is 0 Å². The molecule has 0 radical (unpaired) electrons. The molecule has 1 saturated carbocycles. The van der Waals surface area contributed by atoms with E-state index in [9.17, 15) is 0 Å². The summed E-state index contributed by atoms with van der Waals surface area (Å²) in [4.78, 5) is 4.21. The Bertz CT molecular complexity index is 625. The summed E-state index contributed by atoms with van der Waals surface area (Å²) < 4.78 is 16.3. The van der Waals surface area contributed by atoms with E-state index >= 15 is 0 Å². The molecule has 7 heteroatoms. The molecule has 106 valence electrons. The second kappa shape index (κ2) is 5.30. The quantitative estimate of drug-likeness (QED) is 0.912. The minimum absolute atomic E-state index is 0.184. The van der Waals surface area contributed by atoms with Gasteiger partial charge in [0.25, 0.3) is 0 Å². The SMILES string of the molecule is COc1cc(Cl)cc(-c2noc(CN)n2)c1OC1CC1. The minimum Gasteiger partial charge on any atom is -0.493 e. The fraction of sp³-hybridized carbons (Fsp3) is 0.385. The first kappa shape index (κ1) is 13.2. The molecule has 0 saturated heterocycles. The van der Waals surface area contributed by atoms with Crippen molar-refractivity contribution in [1.82, 2.24) is 10.1 Å². The number of ether oxygens (including phenoxy) is 2. The Balaban J connectivity index is 2.08. The molecule has 3 rings (SSSR count). The topological polar surface area (TPSA) is 83.4 Å². The Morgan fingerprint density at radius 3 is 2.85 bits per heavy atom. The third-order valence-corrected chi connectivity index (χ3v) is 3.15. The van der Waals surface area contributed by atoms with E-state index in [0.29, 0.717) is 33.8 Å². The highest BCUT2D eigenvalue weighted by molar-refractivity contribution is 6.31. The van der Waals surface area contributed by atoms with Gasteiger partial charge >= 0.3 is 0 Å². The fourth-order valence-corrected chi connectivity index (χ4v) is 2.02. The van der Waals surface area contributed by atoms with E-state index < -0.39 is 0 Å². The van der Waals surface area contributed by atoms with Crippen molar-refractivity contribution in [3.8, 4) is 22.9 Å². The van der Waals surface area contributed by atoms with Crippen LogP contribution in [-0.2, 0) is 6.54 Å². The highest BCUT2D eigenvalue weighted by Gasteiger charge is 2.28. The van der Waals surface area contributed by atoms with Gasteiger partial charge in [-0.3, -0.25) is 0 Å². The number of nitrogens with zero attached hydrogens (tertiary/aromatic N) is 2. The van der Waals surface area contributed by atoms with Crippen molar-refractivity contribution in [1.29, 1.82) is 0 Å². The van der Waals surface area contributed by atoms with Crippen LogP contribution < -0.4 is 15.2 Å². The second-order valence-corrected chi connectivity index (χ2v) is 4.95. The lowest BCUT2D eigenvalue weighted by atomic mass is 10.1. The predicted molar refractivity (Wildman–Crippen MR) is 72.8 cm³/mol. The molecule has 0 atom stereocenters. The normalized spacial score (nSPS) is 14.3. The molecule has 1 aliphatic rings. The van der Waals surface area contributed by atoms with Crippen LogP contribution in [0.5, 0.6) is 11.5 Å². The van der Waals surface area contributed by atoms with Gasteiger partial charge in [-0.15, -0.1) is 0 Å². The number of benzene rings is 1. The van der Waals surface area contributed by atoms with E-state index in [1.54, 1.807) is 19.2 Å². The number of hydrogen-bond acceptors (Lipinski definition) is 6. The maximum Gasteiger partial charge on any atom is 0.240 e. The maximum atomic E-state index is 6.10. The zero-order valence-electron chi connectivity index (χ0n) is 10.9. The van der Waals surface area contributed by atoms with Crippen LogP contribution in [0.1, 0.15) is 18.7 Å². The zero-order chi connectivity index (χ0) is 14.1. The molecule has 2 aromatic rings. The molecule has 1 fully saturated rings. The summed E-state index contributed by atoms with van der Waals surface area (Å²) in [5, 5.41) is 4.41. The summed E-state index contributed by atoms with van der Waals surface area (Å²) in [5.74, 6) is 1.89. The predicted octanol–water partition coefficient (Wildman–Crippen LogP) is 2.40. The largest absolute Gasteiger partial charge is 0.493 e. The molecule has 0 spiro atoms. The molecular weight excluding hydrogens is 282 g/mol. The van der Waals surface area contributed by atoms with E-state index in [-0.39, 0.29) is 12.6 Å². The van der Waals surface area contributed by atoms with Gasteiger partial charge in [0.05, 0.1) is 25.3 Å². The molecule has 6 nitrogen and oxygen atoms in total. The molecule has 1 heterocycles. The molecule has 1 aromatic carbocycles. The van der Waals surface area contributed by atoms with Gasteiger partial charge in [-0.05, 0) is 18.9 Å². The smallest absolute Gasteiger partial charge is 0.240 e. The Hall–Kier alpha value is -1.79. The highest BCUT2D eigenvalue weighted by Crippen LogP contribution is 2.42. The highest BCUT2D eigenvalue weighted by atomic mass is 35.5. The van der Waals surface area contributed by atoms with Crippen LogP contribution in [0.3, 0.4) is 0 Å². The average molecular weight is 296 g/mol. The molecule has 1 aliphatic carbocycles. The van der Waals surface area contributed by atoms with Gasteiger partial charge in [0.1, 0.15) is 0 Å². The number of rotatable bonds is 5. The summed E-state index contributed by atoms with van der Waals surface area (Å²) in [6.07, 6.45) is 2.28. The van der Waals surface area contributed by atoms with Gasteiger partial charge < -0.3 is 19.7 Å². The molecule has 0 amide bonds. The molecular formula is C13H14ClN3O3. The first-order valence-corrected chi connectivity index (χ1v) is 6.66. The van der Waals surface area contributed by atoms with Gasteiger partial charge in [-0.25, -0.2) is 0 Å². The van der Waals surface area contributed by atoms with Crippen LogP contribution in [0.4, 0.5) is 0 Å². The molecule has 0 aliphatic heterocycles. The Morgan fingerprint density at radius 2 is 2.25 bits per heavy atom. The van der Waals surface area contributed by atoms with Crippen LogP contribution in [0.25, 0.3) is 11.4 Å². The average Bonchev–Trinajstić information content (AvgIpc) is 3.14. The lowest BCUT2D eigenvalue weighted by Gasteiger charge is -2.13. The van der Waals surface area contributed by atoms with Gasteiger partial charge in [0.2, 0.25) is 11.7 Å². The fourth-order valence-electron chi connectivity index (χ4n) is 1.81. The van der Waals surface area contributed by atoms with Crippen LogP contribution in [-0.4, -0.2) is 23.4 Å². The van der Waals surface area contributed by atoms with E-state index in [2.05, 4.69) is 10.1 Å². The second-order valence-electron chi connectivity index (χ2n) is 4.52. The molecule has 20 heavy (non-hydrogen) atoms. The lowest BCUT2D eigenvalue weighted by Crippen LogP contribution is -2.01. The van der Waals surface area contributed by atoms with Crippen molar-refractivity contribution in [3.63, 3.8) is 0 Å². The van der Waals surface area contributed by atoms with Gasteiger partial charge in [-0.1, -0.05) is 16.8 Å². The minimum atomic E-state index is 0.184. The van der Waals surface area contributed by atoms with Crippen LogP contribution in [0, 0.1) is 0 Å². The van der Waals surface area contributed by atoms with Crippen LogP contribution in [0.2, 0.25) is 5.02 Å². The van der Waals surface area contributed by atoms with Crippen LogP contribution >= 0.6 is 11.6 Å². The summed E-state index contributed by atoms with van der Waals surface area (Å²) >= 11 is 6.10. The molecule has 0 unspecified atom stereocenters. The maximum absolute atomic E-state index is 6.10. The first-order valence-electron chi connectivity index (χ1n) is 6.28. The number of aromatic nitrogens is 2. The van der Waals surface area contributed by atoms with Gasteiger partial charge in [0.15, 0.2) is 11.5 Å². The lowest BCUT2D eigenvalue weighted by molar-refractivity contribution is 0.283. The standard InChI is InChI=1S/C13H14ClN3O3/c1-18-10-5-7(14)4-9(12(10)19-8-2-3-8)13-16-11(6-15)20-17-13/h4-5,8H,2-3,6,15H2,1H3. The first-order chi connectivity index (χ1) is 9.71. The van der Waals surface area contributed by atoms with Crippen molar-refractivity contribution in [2.75, 3.05) is 7.11 Å². The summed E-state index contributed by atoms with van der Waals surface area (Å²) in [6.45, 7) is 0.184. The number of methoxy groups -OCH3 is 1.